The summed E-state index contributed by atoms with van der Waals surface area (Å²) in [6, 6.07) is 12.9. The number of carbonyl (C=O) groups excluding carboxylic acids is 1. The standard InChI is InChI=1S/C21H16F3NO2S/c22-21(23,24)15-6-4-13(5-7-15)19-17-9-11-28-18(17)8-10-25(19)20(27)14-2-1-3-16(26)12-14/h1-7,9,11-12,19,26H,8,10H2/p+1. The molecule has 0 radical (unpaired) electrons. The van der Waals surface area contributed by atoms with Crippen LogP contribution in [0.5, 0.6) is 5.75 Å². The third kappa shape index (κ3) is 3.38. The minimum absolute atomic E-state index is 0.226. The van der Waals surface area contributed by atoms with Crippen LogP contribution in [-0.4, -0.2) is 22.5 Å². The van der Waals surface area contributed by atoms with E-state index in [1.54, 1.807) is 34.4 Å². The number of hydrogen-bond acceptors (Lipinski definition) is 2. The number of hydrogen-bond donors (Lipinski definition) is 0. The average molecular weight is 404 g/mol. The lowest BCUT2D eigenvalue weighted by Gasteiger charge is -2.36. The van der Waals surface area contributed by atoms with E-state index in [1.165, 1.54) is 18.2 Å². The number of rotatable bonds is 2. The van der Waals surface area contributed by atoms with Crippen LogP contribution in [0.25, 0.3) is 0 Å². The van der Waals surface area contributed by atoms with Crippen molar-refractivity contribution in [2.45, 2.75) is 18.6 Å². The van der Waals surface area contributed by atoms with Crippen molar-refractivity contribution in [2.24, 2.45) is 0 Å². The van der Waals surface area contributed by atoms with E-state index < -0.39 is 17.8 Å². The molecule has 144 valence electrons. The summed E-state index contributed by atoms with van der Waals surface area (Å²) in [4.78, 5) is 16.0. The van der Waals surface area contributed by atoms with Crippen molar-refractivity contribution in [2.75, 3.05) is 6.54 Å². The Hall–Kier alpha value is -2.80. The van der Waals surface area contributed by atoms with Crippen LogP contribution in [0, 0.1) is 0 Å². The molecule has 1 amide bonds. The van der Waals surface area contributed by atoms with E-state index in [0.29, 0.717) is 24.1 Å². The van der Waals surface area contributed by atoms with Crippen LogP contribution in [0.15, 0.2) is 60.0 Å². The largest absolute Gasteiger partial charge is 0.593 e. The number of halogens is 3. The van der Waals surface area contributed by atoms with E-state index in [4.69, 9.17) is 5.11 Å². The summed E-state index contributed by atoms with van der Waals surface area (Å²) < 4.78 is 38.8. The molecule has 2 heterocycles. The van der Waals surface area contributed by atoms with Crippen LogP contribution >= 0.6 is 11.3 Å². The zero-order valence-electron chi connectivity index (χ0n) is 14.7. The Morgan fingerprint density at radius 3 is 2.54 bits per heavy atom. The van der Waals surface area contributed by atoms with Gasteiger partial charge in [-0.25, -0.2) is 0 Å². The second-order valence-corrected chi connectivity index (χ2v) is 7.65. The van der Waals surface area contributed by atoms with E-state index in [0.717, 1.165) is 22.6 Å². The molecule has 0 aliphatic carbocycles. The molecular formula is C21H17F3NO2S+. The molecule has 1 atom stereocenters. The maximum atomic E-state index is 13.2. The van der Waals surface area contributed by atoms with Crippen LogP contribution in [-0.2, 0) is 12.6 Å². The smallest absolute Gasteiger partial charge is 0.416 e. The number of fused-ring (bicyclic) bond motifs is 1. The topological polar surface area (TPSA) is 43.2 Å². The predicted molar refractivity (Wildman–Crippen MR) is 102 cm³/mol. The maximum absolute atomic E-state index is 13.2. The van der Waals surface area contributed by atoms with Crippen molar-refractivity contribution < 1.29 is 23.1 Å². The molecule has 1 aromatic heterocycles. The Labute approximate surface area is 163 Å². The highest BCUT2D eigenvalue weighted by Crippen LogP contribution is 2.39. The van der Waals surface area contributed by atoms with Gasteiger partial charge >= 0.3 is 6.18 Å². The van der Waals surface area contributed by atoms with Gasteiger partial charge in [0.25, 0.3) is 11.7 Å². The number of thiophene rings is 1. The molecular weight excluding hydrogens is 387 g/mol. The number of benzene rings is 2. The van der Waals surface area contributed by atoms with Crippen molar-refractivity contribution in [3.63, 3.8) is 0 Å². The van der Waals surface area contributed by atoms with Crippen LogP contribution in [0.3, 0.4) is 0 Å². The van der Waals surface area contributed by atoms with Gasteiger partial charge in [-0.3, -0.25) is 4.79 Å². The molecule has 0 spiro atoms. The van der Waals surface area contributed by atoms with Crippen molar-refractivity contribution in [3.8, 4) is 5.75 Å². The van der Waals surface area contributed by atoms with Gasteiger partial charge in [0.15, 0.2) is 0 Å². The van der Waals surface area contributed by atoms with Gasteiger partial charge in [-0.1, -0.05) is 18.2 Å². The highest BCUT2D eigenvalue weighted by Gasteiger charge is 2.35. The van der Waals surface area contributed by atoms with Crippen molar-refractivity contribution in [1.29, 1.82) is 0 Å². The lowest BCUT2D eigenvalue weighted by Crippen LogP contribution is -2.40. The van der Waals surface area contributed by atoms with E-state index in [1.807, 2.05) is 11.4 Å². The van der Waals surface area contributed by atoms with Crippen LogP contribution < -0.4 is 0 Å². The van der Waals surface area contributed by atoms with E-state index in [9.17, 15) is 18.0 Å². The fraction of sp³-hybridized carbons (Fsp3) is 0.190. The Bertz CT molecular complexity index is 1010. The van der Waals surface area contributed by atoms with Crippen LogP contribution in [0.4, 0.5) is 13.2 Å². The highest BCUT2D eigenvalue weighted by molar-refractivity contribution is 7.10. The molecule has 28 heavy (non-hydrogen) atoms. The lowest BCUT2D eigenvalue weighted by molar-refractivity contribution is -0.137. The molecule has 2 aromatic carbocycles. The van der Waals surface area contributed by atoms with Crippen molar-refractivity contribution >= 4 is 17.2 Å². The van der Waals surface area contributed by atoms with Crippen LogP contribution in [0.2, 0.25) is 0 Å². The number of nitrogens with zero attached hydrogens (tertiary/aromatic N) is 1. The first kappa shape index (κ1) is 18.6. The summed E-state index contributed by atoms with van der Waals surface area (Å²) >= 11 is 1.60. The normalized spacial score (nSPS) is 16.7. The quantitative estimate of drug-likeness (QED) is 0.555. The Kier molecular flexibility index (Phi) is 4.63. The molecule has 2 N–H and O–H groups in total. The van der Waals surface area contributed by atoms with Gasteiger partial charge in [0.2, 0.25) is 0 Å². The molecule has 3 aromatic rings. The number of amides is 1. The second kappa shape index (κ2) is 6.98. The average Bonchev–Trinajstić information content (AvgIpc) is 3.15. The Morgan fingerprint density at radius 1 is 1.11 bits per heavy atom. The first-order chi connectivity index (χ1) is 13.3. The Balaban J connectivity index is 1.75. The fourth-order valence-corrected chi connectivity index (χ4v) is 4.47. The zero-order chi connectivity index (χ0) is 19.9. The molecule has 0 bridgehead atoms. The molecule has 0 saturated carbocycles. The van der Waals surface area contributed by atoms with Crippen LogP contribution in [0.1, 0.15) is 38.0 Å². The third-order valence-electron chi connectivity index (χ3n) is 4.89. The first-order valence-electron chi connectivity index (χ1n) is 8.70. The van der Waals surface area contributed by atoms with Gasteiger partial charge in [-0.15, -0.1) is 11.3 Å². The SMILES string of the molecule is O=C(c1cccc([OH2+])c1)N1CCc2sccc2C1c1ccc(C(F)(F)F)cc1. The zero-order valence-corrected chi connectivity index (χ0v) is 15.5. The van der Waals surface area contributed by atoms with Crippen molar-refractivity contribution in [3.05, 3.63) is 87.1 Å². The van der Waals surface area contributed by atoms with Gasteiger partial charge in [-0.05, 0) is 47.2 Å². The molecule has 0 fully saturated rings. The minimum Gasteiger partial charge on any atom is -0.593 e. The number of alkyl halides is 3. The van der Waals surface area contributed by atoms with E-state index in [-0.39, 0.29) is 11.7 Å². The fourth-order valence-electron chi connectivity index (χ4n) is 3.57. The third-order valence-corrected chi connectivity index (χ3v) is 5.89. The van der Waals surface area contributed by atoms with E-state index in [2.05, 4.69) is 0 Å². The van der Waals surface area contributed by atoms with Crippen molar-refractivity contribution in [1.82, 2.24) is 4.90 Å². The number of carbonyl (C=O) groups is 1. The summed E-state index contributed by atoms with van der Waals surface area (Å²) in [7, 11) is 0. The Morgan fingerprint density at radius 2 is 1.86 bits per heavy atom. The molecule has 1 aliphatic rings. The molecule has 7 heteroatoms. The maximum Gasteiger partial charge on any atom is 0.416 e. The molecule has 1 aliphatic heterocycles. The summed E-state index contributed by atoms with van der Waals surface area (Å²) in [5.74, 6) is 0.0148. The van der Waals surface area contributed by atoms with Gasteiger partial charge in [0.1, 0.15) is 0 Å². The summed E-state index contributed by atoms with van der Waals surface area (Å²) in [5, 5.41) is 9.70. The summed E-state index contributed by atoms with van der Waals surface area (Å²) in [5.41, 5.74) is 1.29. The lowest BCUT2D eigenvalue weighted by atomic mass is 9.92. The van der Waals surface area contributed by atoms with E-state index >= 15 is 0 Å². The monoisotopic (exact) mass is 404 g/mol. The highest BCUT2D eigenvalue weighted by atomic mass is 32.1. The predicted octanol–water partition coefficient (Wildman–Crippen LogP) is 4.99. The minimum atomic E-state index is -4.40. The first-order valence-corrected chi connectivity index (χ1v) is 9.58. The molecule has 4 rings (SSSR count). The van der Waals surface area contributed by atoms with Gasteiger partial charge in [0.05, 0.1) is 11.6 Å². The molecule has 3 nitrogen and oxygen atoms in total. The van der Waals surface area contributed by atoms with Gasteiger partial charge < -0.3 is 10.0 Å². The van der Waals surface area contributed by atoms with Gasteiger partial charge in [-0.2, -0.15) is 13.2 Å². The van der Waals surface area contributed by atoms with Gasteiger partial charge in [0, 0.05) is 29.1 Å². The molecule has 0 saturated heterocycles. The second-order valence-electron chi connectivity index (χ2n) is 6.65. The summed E-state index contributed by atoms with van der Waals surface area (Å²) in [6.07, 6.45) is -3.70. The summed E-state index contributed by atoms with van der Waals surface area (Å²) in [6.45, 7) is 0.472. The molecule has 1 unspecified atom stereocenters.